The van der Waals surface area contributed by atoms with Crippen molar-refractivity contribution in [3.63, 3.8) is 0 Å². The van der Waals surface area contributed by atoms with Crippen LogP contribution in [-0.4, -0.2) is 35.6 Å². The molecular formula is C20H25NO2. The van der Waals surface area contributed by atoms with Crippen molar-refractivity contribution >= 4 is 16.7 Å². The fourth-order valence-electron chi connectivity index (χ4n) is 3.65. The van der Waals surface area contributed by atoms with Gasteiger partial charge in [-0.25, -0.2) is 0 Å². The van der Waals surface area contributed by atoms with Crippen LogP contribution in [0.3, 0.4) is 0 Å². The Morgan fingerprint density at radius 2 is 1.78 bits per heavy atom. The molecule has 0 aliphatic heterocycles. The Morgan fingerprint density at radius 1 is 1.09 bits per heavy atom. The van der Waals surface area contributed by atoms with Crippen LogP contribution >= 0.6 is 0 Å². The van der Waals surface area contributed by atoms with Gasteiger partial charge >= 0.3 is 0 Å². The molecule has 1 amide bonds. The molecule has 2 aromatic carbocycles. The van der Waals surface area contributed by atoms with E-state index in [0.717, 1.165) is 31.2 Å². The van der Waals surface area contributed by atoms with Gasteiger partial charge < -0.3 is 10.0 Å². The monoisotopic (exact) mass is 311 g/mol. The molecule has 3 heteroatoms. The van der Waals surface area contributed by atoms with Crippen LogP contribution in [0.5, 0.6) is 0 Å². The van der Waals surface area contributed by atoms with Crippen molar-refractivity contribution in [3.8, 4) is 0 Å². The number of aliphatic hydroxyl groups is 1. The molecular weight excluding hydrogens is 286 g/mol. The summed E-state index contributed by atoms with van der Waals surface area (Å²) in [6.07, 6.45) is 4.50. The second-order valence-corrected chi connectivity index (χ2v) is 6.68. The van der Waals surface area contributed by atoms with Gasteiger partial charge in [0.05, 0.1) is 6.42 Å². The van der Waals surface area contributed by atoms with Crippen LogP contribution in [-0.2, 0) is 11.2 Å². The van der Waals surface area contributed by atoms with Gasteiger partial charge in [0.15, 0.2) is 0 Å². The Morgan fingerprint density at radius 3 is 2.52 bits per heavy atom. The van der Waals surface area contributed by atoms with Gasteiger partial charge in [-0.15, -0.1) is 0 Å². The molecule has 0 atom stereocenters. The molecule has 1 saturated carbocycles. The van der Waals surface area contributed by atoms with Crippen LogP contribution in [0.4, 0.5) is 0 Å². The number of likely N-dealkylation sites (N-methyl/N-ethyl adjacent to an activating group) is 1. The largest absolute Gasteiger partial charge is 0.396 e. The number of hydrogen-bond donors (Lipinski definition) is 1. The van der Waals surface area contributed by atoms with Crippen molar-refractivity contribution in [2.45, 2.75) is 38.1 Å². The third-order valence-electron chi connectivity index (χ3n) is 5.24. The van der Waals surface area contributed by atoms with E-state index in [4.69, 9.17) is 0 Å². The molecule has 0 radical (unpaired) electrons. The lowest BCUT2D eigenvalue weighted by Gasteiger charge is -2.34. The van der Waals surface area contributed by atoms with Crippen molar-refractivity contribution in [3.05, 3.63) is 48.0 Å². The number of aliphatic hydroxyl groups excluding tert-OH is 1. The molecule has 0 saturated heterocycles. The van der Waals surface area contributed by atoms with E-state index in [1.165, 1.54) is 10.8 Å². The molecule has 0 aromatic heterocycles. The van der Waals surface area contributed by atoms with Crippen LogP contribution in [0.15, 0.2) is 42.5 Å². The summed E-state index contributed by atoms with van der Waals surface area (Å²) in [6.45, 7) is 0.278. The minimum Gasteiger partial charge on any atom is -0.396 e. The van der Waals surface area contributed by atoms with Gasteiger partial charge in [0.1, 0.15) is 0 Å². The molecule has 0 spiro atoms. The first-order valence-corrected chi connectivity index (χ1v) is 8.52. The number of carbonyl (C=O) groups excluding carboxylic acids is 1. The lowest BCUT2D eigenvalue weighted by atomic mass is 9.86. The van der Waals surface area contributed by atoms with E-state index >= 15 is 0 Å². The highest BCUT2D eigenvalue weighted by Crippen LogP contribution is 2.27. The summed E-state index contributed by atoms with van der Waals surface area (Å²) in [4.78, 5) is 14.6. The van der Waals surface area contributed by atoms with Gasteiger partial charge in [0.2, 0.25) is 5.91 Å². The summed E-state index contributed by atoms with van der Waals surface area (Å²) in [5.74, 6) is 0.613. The molecule has 1 N–H and O–H groups in total. The van der Waals surface area contributed by atoms with Gasteiger partial charge in [-0.1, -0.05) is 42.5 Å². The average Bonchev–Trinajstić information content (AvgIpc) is 2.61. The number of nitrogens with zero attached hydrogens (tertiary/aromatic N) is 1. The van der Waals surface area contributed by atoms with E-state index in [2.05, 4.69) is 24.3 Å². The second-order valence-electron chi connectivity index (χ2n) is 6.68. The van der Waals surface area contributed by atoms with Gasteiger partial charge in [-0.2, -0.15) is 0 Å². The van der Waals surface area contributed by atoms with Gasteiger partial charge in [0.25, 0.3) is 0 Å². The van der Waals surface area contributed by atoms with Crippen LogP contribution in [0, 0.1) is 5.92 Å². The van der Waals surface area contributed by atoms with Gasteiger partial charge in [0, 0.05) is 19.7 Å². The fourth-order valence-corrected chi connectivity index (χ4v) is 3.65. The zero-order chi connectivity index (χ0) is 16.2. The summed E-state index contributed by atoms with van der Waals surface area (Å²) >= 11 is 0. The molecule has 2 aromatic rings. The van der Waals surface area contributed by atoms with Gasteiger partial charge in [-0.05, 0) is 47.9 Å². The Kier molecular flexibility index (Phi) is 4.97. The van der Waals surface area contributed by atoms with Crippen LogP contribution in [0.1, 0.15) is 31.2 Å². The van der Waals surface area contributed by atoms with Crippen molar-refractivity contribution in [2.24, 2.45) is 5.92 Å². The standard InChI is InChI=1S/C20H25NO2/c1-21(18-11-9-15(14-22)10-12-18)20(23)13-17-7-4-6-16-5-2-3-8-19(16)17/h2-8,15,18,22H,9-14H2,1H3. The summed E-state index contributed by atoms with van der Waals surface area (Å²) in [6, 6.07) is 14.7. The summed E-state index contributed by atoms with van der Waals surface area (Å²) in [5.41, 5.74) is 1.10. The highest BCUT2D eigenvalue weighted by atomic mass is 16.3. The maximum atomic E-state index is 12.7. The maximum absolute atomic E-state index is 12.7. The Hall–Kier alpha value is -1.87. The quantitative estimate of drug-likeness (QED) is 0.940. The first-order valence-electron chi connectivity index (χ1n) is 8.52. The fraction of sp³-hybridized carbons (Fsp3) is 0.450. The lowest BCUT2D eigenvalue weighted by molar-refractivity contribution is -0.132. The third-order valence-corrected chi connectivity index (χ3v) is 5.24. The number of benzene rings is 2. The Balaban J connectivity index is 1.68. The lowest BCUT2D eigenvalue weighted by Crippen LogP contribution is -2.40. The van der Waals surface area contributed by atoms with E-state index in [0.29, 0.717) is 18.4 Å². The van der Waals surface area contributed by atoms with Crippen LogP contribution in [0.2, 0.25) is 0 Å². The molecule has 3 nitrogen and oxygen atoms in total. The number of carbonyl (C=O) groups is 1. The average molecular weight is 311 g/mol. The van der Waals surface area contributed by atoms with Gasteiger partial charge in [-0.3, -0.25) is 4.79 Å². The van der Waals surface area contributed by atoms with Crippen LogP contribution < -0.4 is 0 Å². The zero-order valence-corrected chi connectivity index (χ0v) is 13.7. The molecule has 122 valence electrons. The van der Waals surface area contributed by atoms with Crippen LogP contribution in [0.25, 0.3) is 10.8 Å². The molecule has 3 rings (SSSR count). The van der Waals surface area contributed by atoms with E-state index < -0.39 is 0 Å². The number of fused-ring (bicyclic) bond motifs is 1. The maximum Gasteiger partial charge on any atom is 0.227 e. The SMILES string of the molecule is CN(C(=O)Cc1cccc2ccccc12)C1CCC(CO)CC1. The minimum atomic E-state index is 0.189. The molecule has 1 aliphatic rings. The van der Waals surface area contributed by atoms with E-state index in [9.17, 15) is 9.90 Å². The number of rotatable bonds is 4. The van der Waals surface area contributed by atoms with E-state index in [-0.39, 0.29) is 12.5 Å². The molecule has 1 fully saturated rings. The Bertz CT molecular complexity index is 669. The summed E-state index contributed by atoms with van der Waals surface area (Å²) in [5, 5.41) is 11.6. The van der Waals surface area contributed by atoms with Crippen molar-refractivity contribution in [1.29, 1.82) is 0 Å². The zero-order valence-electron chi connectivity index (χ0n) is 13.7. The predicted octanol–water partition coefficient (Wildman–Crippen LogP) is 3.39. The first-order chi connectivity index (χ1) is 11.2. The number of amides is 1. The normalized spacial score (nSPS) is 21.3. The highest BCUT2D eigenvalue weighted by Gasteiger charge is 2.26. The third kappa shape index (κ3) is 3.56. The van der Waals surface area contributed by atoms with E-state index in [1.807, 2.05) is 30.1 Å². The second kappa shape index (κ2) is 7.14. The molecule has 23 heavy (non-hydrogen) atoms. The minimum absolute atomic E-state index is 0.189. The van der Waals surface area contributed by atoms with Crippen molar-refractivity contribution in [2.75, 3.05) is 13.7 Å². The molecule has 0 bridgehead atoms. The topological polar surface area (TPSA) is 40.5 Å². The summed E-state index contributed by atoms with van der Waals surface area (Å²) < 4.78 is 0. The first kappa shape index (κ1) is 16.0. The smallest absolute Gasteiger partial charge is 0.227 e. The predicted molar refractivity (Wildman–Crippen MR) is 93.3 cm³/mol. The highest BCUT2D eigenvalue weighted by molar-refractivity contribution is 5.90. The number of hydrogen-bond acceptors (Lipinski definition) is 2. The molecule has 1 aliphatic carbocycles. The summed E-state index contributed by atoms with van der Waals surface area (Å²) in [7, 11) is 1.93. The molecule has 0 unspecified atom stereocenters. The van der Waals surface area contributed by atoms with Crippen molar-refractivity contribution in [1.82, 2.24) is 4.90 Å². The van der Waals surface area contributed by atoms with E-state index in [1.54, 1.807) is 0 Å². The Labute approximate surface area is 137 Å². The van der Waals surface area contributed by atoms with Crippen molar-refractivity contribution < 1.29 is 9.90 Å². The molecule has 0 heterocycles.